The lowest BCUT2D eigenvalue weighted by atomic mass is 9.92. The smallest absolute Gasteiger partial charge is 0.411 e. The molecule has 0 saturated carbocycles. The largest absolute Gasteiger partial charge is 0.444 e. The Hall–Kier alpha value is -2.17. The molecule has 2 aliphatic heterocycles. The molecule has 4 nitrogen and oxygen atoms in total. The third-order valence-electron chi connectivity index (χ3n) is 4.52. The van der Waals surface area contributed by atoms with Crippen molar-refractivity contribution in [2.24, 2.45) is 0 Å². The van der Waals surface area contributed by atoms with Gasteiger partial charge in [-0.2, -0.15) is 0 Å². The van der Waals surface area contributed by atoms with Crippen LogP contribution in [-0.2, 0) is 4.74 Å². The molecule has 1 fully saturated rings. The number of carbonyl (C=O) groups is 2. The molecule has 2 aliphatic rings. The van der Waals surface area contributed by atoms with E-state index < -0.39 is 11.4 Å². The summed E-state index contributed by atoms with van der Waals surface area (Å²) in [6.45, 7) is 5.55. The molecule has 0 radical (unpaired) electrons. The van der Waals surface area contributed by atoms with Crippen molar-refractivity contribution in [3.63, 3.8) is 0 Å². The van der Waals surface area contributed by atoms with E-state index in [9.17, 15) is 14.0 Å². The molecule has 3 rings (SSSR count). The average molecular weight is 331 g/mol. The van der Waals surface area contributed by atoms with Gasteiger partial charge in [-0.25, -0.2) is 9.18 Å². The lowest BCUT2D eigenvalue weighted by molar-refractivity contribution is 0.0175. The molecule has 0 N–H and O–H groups in total. The molecule has 1 amide bonds. The van der Waals surface area contributed by atoms with Gasteiger partial charge in [0.2, 0.25) is 0 Å². The summed E-state index contributed by atoms with van der Waals surface area (Å²) in [5, 5.41) is 0. The number of rotatable bonds is 2. The van der Waals surface area contributed by atoms with Gasteiger partial charge in [-0.15, -0.1) is 0 Å². The normalized spacial score (nSPS) is 23.0. The molecular weight excluding hydrogens is 309 g/mol. The van der Waals surface area contributed by atoms with E-state index in [-0.39, 0.29) is 23.7 Å². The number of nitrogens with zero attached hydrogens (tertiary/aromatic N) is 1. The van der Waals surface area contributed by atoms with E-state index in [1.807, 2.05) is 26.8 Å². The maximum absolute atomic E-state index is 13.9. The van der Waals surface area contributed by atoms with Gasteiger partial charge in [0.15, 0.2) is 6.29 Å². The number of fused-ring (bicyclic) bond motifs is 2. The minimum Gasteiger partial charge on any atom is -0.444 e. The van der Waals surface area contributed by atoms with Crippen LogP contribution in [0.5, 0.6) is 0 Å². The average Bonchev–Trinajstić information content (AvgIpc) is 2.76. The van der Waals surface area contributed by atoms with E-state index in [1.165, 1.54) is 6.07 Å². The summed E-state index contributed by atoms with van der Waals surface area (Å²) in [5.74, 6) is -0.509. The van der Waals surface area contributed by atoms with Crippen molar-refractivity contribution in [3.05, 3.63) is 41.2 Å². The van der Waals surface area contributed by atoms with E-state index in [2.05, 4.69) is 0 Å². The fourth-order valence-corrected chi connectivity index (χ4v) is 3.57. The Labute approximate surface area is 141 Å². The highest BCUT2D eigenvalue weighted by molar-refractivity contribution is 5.87. The first-order valence-electron chi connectivity index (χ1n) is 8.26. The maximum Gasteiger partial charge on any atom is 0.411 e. The van der Waals surface area contributed by atoms with E-state index in [1.54, 1.807) is 17.0 Å². The fraction of sp³-hybridized carbons (Fsp3) is 0.474. The first kappa shape index (κ1) is 16.7. The van der Waals surface area contributed by atoms with Crippen LogP contribution >= 0.6 is 0 Å². The standard InChI is InChI=1S/C19H22FNO3/c1-19(2,3)24-18(23)21-13-7-8-14(21)10-12(9-13)15-5-4-6-17(20)16(15)11-22/h4-6,9,11,13-14H,7-8,10H2,1-3H3. The van der Waals surface area contributed by atoms with Crippen LogP contribution in [0, 0.1) is 5.82 Å². The quantitative estimate of drug-likeness (QED) is 0.763. The van der Waals surface area contributed by atoms with Gasteiger partial charge in [-0.1, -0.05) is 18.2 Å². The Morgan fingerprint density at radius 2 is 2.08 bits per heavy atom. The number of ether oxygens (including phenoxy) is 1. The molecule has 2 unspecified atom stereocenters. The van der Waals surface area contributed by atoms with Crippen LogP contribution in [0.25, 0.3) is 5.57 Å². The summed E-state index contributed by atoms with van der Waals surface area (Å²) in [6, 6.07) is 4.64. The molecular formula is C19H22FNO3. The van der Waals surface area contributed by atoms with Crippen molar-refractivity contribution in [2.45, 2.75) is 57.7 Å². The number of halogens is 1. The van der Waals surface area contributed by atoms with Gasteiger partial charge in [0.25, 0.3) is 0 Å². The van der Waals surface area contributed by atoms with Crippen LogP contribution in [0.4, 0.5) is 9.18 Å². The SMILES string of the molecule is CC(C)(C)OC(=O)N1C2C=C(c3cccc(F)c3C=O)CC1CC2. The number of carbonyl (C=O) groups excluding carboxylic acids is 2. The number of hydrogen-bond donors (Lipinski definition) is 0. The second kappa shape index (κ2) is 6.04. The summed E-state index contributed by atoms with van der Waals surface area (Å²) >= 11 is 0. The van der Waals surface area contributed by atoms with Crippen LogP contribution in [0.15, 0.2) is 24.3 Å². The Morgan fingerprint density at radius 1 is 1.33 bits per heavy atom. The lowest BCUT2D eigenvalue weighted by Crippen LogP contribution is -2.45. The van der Waals surface area contributed by atoms with Crippen molar-refractivity contribution < 1.29 is 18.7 Å². The molecule has 128 valence electrons. The Bertz CT molecular complexity index is 705. The van der Waals surface area contributed by atoms with Crippen LogP contribution < -0.4 is 0 Å². The second-order valence-corrected chi connectivity index (χ2v) is 7.40. The van der Waals surface area contributed by atoms with Gasteiger partial charge < -0.3 is 4.74 Å². The van der Waals surface area contributed by atoms with E-state index >= 15 is 0 Å². The highest BCUT2D eigenvalue weighted by Crippen LogP contribution is 2.40. The maximum atomic E-state index is 13.9. The summed E-state index contributed by atoms with van der Waals surface area (Å²) in [7, 11) is 0. The van der Waals surface area contributed by atoms with Gasteiger partial charge >= 0.3 is 6.09 Å². The molecule has 0 spiro atoms. The van der Waals surface area contributed by atoms with Crippen molar-refractivity contribution in [1.82, 2.24) is 4.90 Å². The molecule has 2 heterocycles. The van der Waals surface area contributed by atoms with Crippen LogP contribution in [0.2, 0.25) is 0 Å². The molecule has 24 heavy (non-hydrogen) atoms. The lowest BCUT2D eigenvalue weighted by Gasteiger charge is -2.35. The molecule has 1 aromatic carbocycles. The topological polar surface area (TPSA) is 46.6 Å². The van der Waals surface area contributed by atoms with E-state index in [0.29, 0.717) is 18.3 Å². The van der Waals surface area contributed by atoms with Crippen molar-refractivity contribution in [1.29, 1.82) is 0 Å². The number of amides is 1. The van der Waals surface area contributed by atoms with Crippen LogP contribution in [0.3, 0.4) is 0 Å². The summed E-state index contributed by atoms with van der Waals surface area (Å²) < 4.78 is 19.4. The second-order valence-electron chi connectivity index (χ2n) is 7.40. The zero-order valence-corrected chi connectivity index (χ0v) is 14.2. The van der Waals surface area contributed by atoms with Gasteiger partial charge in [0, 0.05) is 6.04 Å². The summed E-state index contributed by atoms with van der Waals surface area (Å²) in [5.41, 5.74) is 1.12. The predicted octanol–water partition coefficient (Wildman–Crippen LogP) is 4.19. The van der Waals surface area contributed by atoms with Gasteiger partial charge in [-0.05, 0) is 57.2 Å². The molecule has 0 aromatic heterocycles. The first-order chi connectivity index (χ1) is 11.3. The molecule has 1 aromatic rings. The third kappa shape index (κ3) is 3.07. The zero-order chi connectivity index (χ0) is 17.5. The molecule has 1 saturated heterocycles. The highest BCUT2D eigenvalue weighted by Gasteiger charge is 2.41. The minimum atomic E-state index is -0.534. The number of benzene rings is 1. The first-order valence-corrected chi connectivity index (χ1v) is 8.26. The van der Waals surface area contributed by atoms with Crippen LogP contribution in [0.1, 0.15) is 56.0 Å². The highest BCUT2D eigenvalue weighted by atomic mass is 19.1. The monoisotopic (exact) mass is 331 g/mol. The summed E-state index contributed by atoms with van der Waals surface area (Å²) in [6.07, 6.45) is 4.60. The molecule has 2 bridgehead atoms. The van der Waals surface area contributed by atoms with Gasteiger partial charge in [-0.3, -0.25) is 9.69 Å². The Morgan fingerprint density at radius 3 is 2.71 bits per heavy atom. The van der Waals surface area contributed by atoms with Crippen LogP contribution in [-0.4, -0.2) is 35.0 Å². The molecule has 0 aliphatic carbocycles. The van der Waals surface area contributed by atoms with Crippen molar-refractivity contribution >= 4 is 18.0 Å². The van der Waals surface area contributed by atoms with Gasteiger partial charge in [0.05, 0.1) is 11.6 Å². The predicted molar refractivity (Wildman–Crippen MR) is 89.3 cm³/mol. The fourth-order valence-electron chi connectivity index (χ4n) is 3.57. The molecule has 2 atom stereocenters. The Kier molecular flexibility index (Phi) is 4.20. The van der Waals surface area contributed by atoms with Crippen molar-refractivity contribution in [2.75, 3.05) is 0 Å². The zero-order valence-electron chi connectivity index (χ0n) is 14.2. The third-order valence-corrected chi connectivity index (χ3v) is 4.52. The van der Waals surface area contributed by atoms with E-state index in [4.69, 9.17) is 4.74 Å². The number of aldehydes is 1. The minimum absolute atomic E-state index is 0.0348. The number of hydrogen-bond acceptors (Lipinski definition) is 3. The summed E-state index contributed by atoms with van der Waals surface area (Å²) in [4.78, 5) is 25.5. The van der Waals surface area contributed by atoms with Gasteiger partial charge in [0.1, 0.15) is 11.4 Å². The van der Waals surface area contributed by atoms with Crippen molar-refractivity contribution in [3.8, 4) is 0 Å². The molecule has 5 heteroatoms. The Balaban J connectivity index is 1.89. The van der Waals surface area contributed by atoms with E-state index in [0.717, 1.165) is 18.4 Å².